The summed E-state index contributed by atoms with van der Waals surface area (Å²) < 4.78 is 0. The van der Waals surface area contributed by atoms with Gasteiger partial charge < -0.3 is 0 Å². The van der Waals surface area contributed by atoms with Crippen LogP contribution in [-0.4, -0.2) is 0 Å². The standard InChI is InChI=1S/C9H15Cl/c1-5-6-8(4)9(10)7(2)3/h4-6H2,1-3H3. The van der Waals surface area contributed by atoms with Gasteiger partial charge in [0.1, 0.15) is 0 Å². The lowest BCUT2D eigenvalue weighted by Crippen LogP contribution is -1.82. The molecule has 0 aromatic heterocycles. The molecule has 0 bridgehead atoms. The molecule has 0 radical (unpaired) electrons. The van der Waals surface area contributed by atoms with Crippen LogP contribution in [-0.2, 0) is 0 Å². The summed E-state index contributed by atoms with van der Waals surface area (Å²) in [5.74, 6) is 0. The van der Waals surface area contributed by atoms with Gasteiger partial charge in [-0.25, -0.2) is 0 Å². The van der Waals surface area contributed by atoms with Gasteiger partial charge in [-0.2, -0.15) is 0 Å². The van der Waals surface area contributed by atoms with E-state index in [-0.39, 0.29) is 0 Å². The van der Waals surface area contributed by atoms with E-state index in [1.807, 2.05) is 13.8 Å². The van der Waals surface area contributed by atoms with Gasteiger partial charge in [0.25, 0.3) is 0 Å². The number of hydrogen-bond donors (Lipinski definition) is 0. The van der Waals surface area contributed by atoms with Crippen LogP contribution in [0.4, 0.5) is 0 Å². The summed E-state index contributed by atoms with van der Waals surface area (Å²) in [5.41, 5.74) is 2.21. The minimum Gasteiger partial charge on any atom is -0.0943 e. The summed E-state index contributed by atoms with van der Waals surface area (Å²) in [6.07, 6.45) is 2.12. The minimum absolute atomic E-state index is 0.849. The largest absolute Gasteiger partial charge is 0.0943 e. The maximum Gasteiger partial charge on any atom is 0.0418 e. The first-order valence-corrected chi connectivity index (χ1v) is 3.98. The van der Waals surface area contributed by atoms with Crippen molar-refractivity contribution in [2.24, 2.45) is 0 Å². The third-order valence-electron chi connectivity index (χ3n) is 1.30. The molecule has 0 unspecified atom stereocenters. The molecule has 0 aliphatic carbocycles. The van der Waals surface area contributed by atoms with Crippen LogP contribution in [0.3, 0.4) is 0 Å². The molecule has 1 heteroatoms. The molecule has 0 nitrogen and oxygen atoms in total. The molecule has 0 saturated heterocycles. The van der Waals surface area contributed by atoms with Gasteiger partial charge in [0.2, 0.25) is 0 Å². The van der Waals surface area contributed by atoms with Gasteiger partial charge in [-0.3, -0.25) is 0 Å². The van der Waals surface area contributed by atoms with E-state index in [0.29, 0.717) is 0 Å². The molecule has 0 aromatic carbocycles. The second-order valence-electron chi connectivity index (χ2n) is 2.67. The second-order valence-corrected chi connectivity index (χ2v) is 3.05. The van der Waals surface area contributed by atoms with Crippen molar-refractivity contribution >= 4 is 11.6 Å². The highest BCUT2D eigenvalue weighted by molar-refractivity contribution is 6.32. The number of hydrogen-bond acceptors (Lipinski definition) is 0. The fourth-order valence-corrected chi connectivity index (χ4v) is 0.860. The van der Waals surface area contributed by atoms with Crippen molar-refractivity contribution in [2.75, 3.05) is 0 Å². The van der Waals surface area contributed by atoms with Crippen molar-refractivity contribution in [3.8, 4) is 0 Å². The van der Waals surface area contributed by atoms with Crippen molar-refractivity contribution in [3.05, 3.63) is 22.8 Å². The van der Waals surface area contributed by atoms with Gasteiger partial charge in [0, 0.05) is 5.03 Å². The molecule has 0 aliphatic rings. The topological polar surface area (TPSA) is 0 Å². The molecule has 0 aliphatic heterocycles. The molecular formula is C9H15Cl. The van der Waals surface area contributed by atoms with E-state index in [4.69, 9.17) is 11.6 Å². The monoisotopic (exact) mass is 158 g/mol. The van der Waals surface area contributed by atoms with Crippen molar-refractivity contribution in [1.29, 1.82) is 0 Å². The van der Waals surface area contributed by atoms with E-state index >= 15 is 0 Å². The summed E-state index contributed by atoms with van der Waals surface area (Å²) in [5, 5.41) is 0.849. The third-order valence-corrected chi connectivity index (χ3v) is 1.95. The third kappa shape index (κ3) is 3.07. The Bertz CT molecular complexity index is 150. The van der Waals surface area contributed by atoms with Gasteiger partial charge in [-0.15, -0.1) is 0 Å². The van der Waals surface area contributed by atoms with E-state index < -0.39 is 0 Å². The minimum atomic E-state index is 0.849. The average molecular weight is 159 g/mol. The van der Waals surface area contributed by atoms with Crippen LogP contribution in [0.1, 0.15) is 33.6 Å². The van der Waals surface area contributed by atoms with E-state index in [0.717, 1.165) is 29.0 Å². The molecule has 10 heavy (non-hydrogen) atoms. The Balaban J connectivity index is 4.09. The van der Waals surface area contributed by atoms with Gasteiger partial charge in [0.15, 0.2) is 0 Å². The second kappa shape index (κ2) is 4.56. The number of halogens is 1. The zero-order valence-electron chi connectivity index (χ0n) is 7.00. The van der Waals surface area contributed by atoms with E-state index in [9.17, 15) is 0 Å². The average Bonchev–Trinajstić information content (AvgIpc) is 1.87. The van der Waals surface area contributed by atoms with Crippen molar-refractivity contribution in [1.82, 2.24) is 0 Å². The SMILES string of the molecule is C=C(CCC)C(Cl)=C(C)C. The molecule has 0 saturated carbocycles. The van der Waals surface area contributed by atoms with Crippen LogP contribution >= 0.6 is 11.6 Å². The maximum absolute atomic E-state index is 5.93. The predicted octanol–water partition coefficient (Wildman–Crippen LogP) is 3.88. The van der Waals surface area contributed by atoms with Crippen LogP contribution < -0.4 is 0 Å². The molecule has 0 atom stereocenters. The Morgan fingerprint density at radius 3 is 2.20 bits per heavy atom. The Labute approximate surface area is 68.6 Å². The quantitative estimate of drug-likeness (QED) is 0.547. The first-order chi connectivity index (χ1) is 4.59. The van der Waals surface area contributed by atoms with Crippen molar-refractivity contribution in [2.45, 2.75) is 33.6 Å². The van der Waals surface area contributed by atoms with Crippen LogP contribution in [0, 0.1) is 0 Å². The molecule has 58 valence electrons. The van der Waals surface area contributed by atoms with Gasteiger partial charge in [-0.05, 0) is 25.8 Å². The van der Waals surface area contributed by atoms with E-state index in [1.165, 1.54) is 0 Å². The number of allylic oxidation sites excluding steroid dienone is 3. The lowest BCUT2D eigenvalue weighted by atomic mass is 10.1. The summed E-state index contributed by atoms with van der Waals surface area (Å²) >= 11 is 5.93. The van der Waals surface area contributed by atoms with E-state index in [2.05, 4.69) is 13.5 Å². The molecule has 0 fully saturated rings. The molecule has 0 amide bonds. The van der Waals surface area contributed by atoms with Crippen LogP contribution in [0.25, 0.3) is 0 Å². The van der Waals surface area contributed by atoms with Crippen LogP contribution in [0.2, 0.25) is 0 Å². The first kappa shape index (κ1) is 9.77. The Kier molecular flexibility index (Phi) is 4.46. The maximum atomic E-state index is 5.93. The van der Waals surface area contributed by atoms with Crippen LogP contribution in [0.5, 0.6) is 0 Å². The predicted molar refractivity (Wildman–Crippen MR) is 48.3 cm³/mol. The summed E-state index contributed by atoms with van der Waals surface area (Å²) in [4.78, 5) is 0. The molecule has 0 heterocycles. The first-order valence-electron chi connectivity index (χ1n) is 3.60. The van der Waals surface area contributed by atoms with Crippen LogP contribution in [0.15, 0.2) is 22.8 Å². The number of rotatable bonds is 3. The fraction of sp³-hybridized carbons (Fsp3) is 0.556. The lowest BCUT2D eigenvalue weighted by molar-refractivity contribution is 0.923. The highest BCUT2D eigenvalue weighted by Gasteiger charge is 1.98. The van der Waals surface area contributed by atoms with Gasteiger partial charge in [0.05, 0.1) is 0 Å². The summed E-state index contributed by atoms with van der Waals surface area (Å²) in [6.45, 7) is 10.0. The Morgan fingerprint density at radius 2 is 1.90 bits per heavy atom. The van der Waals surface area contributed by atoms with Gasteiger partial charge in [-0.1, -0.05) is 37.1 Å². The summed E-state index contributed by atoms with van der Waals surface area (Å²) in [7, 11) is 0. The Morgan fingerprint density at radius 1 is 1.40 bits per heavy atom. The molecule has 0 N–H and O–H groups in total. The molecular weight excluding hydrogens is 144 g/mol. The highest BCUT2D eigenvalue weighted by Crippen LogP contribution is 2.20. The van der Waals surface area contributed by atoms with Crippen molar-refractivity contribution in [3.63, 3.8) is 0 Å². The zero-order valence-corrected chi connectivity index (χ0v) is 7.76. The molecule has 0 spiro atoms. The highest BCUT2D eigenvalue weighted by atomic mass is 35.5. The van der Waals surface area contributed by atoms with Crippen molar-refractivity contribution < 1.29 is 0 Å². The summed E-state index contributed by atoms with van der Waals surface area (Å²) in [6, 6.07) is 0. The zero-order chi connectivity index (χ0) is 8.15. The Hall–Kier alpha value is -0.230. The lowest BCUT2D eigenvalue weighted by Gasteiger charge is -2.02. The normalized spacial score (nSPS) is 9.20. The molecule has 0 aromatic rings. The van der Waals surface area contributed by atoms with E-state index in [1.54, 1.807) is 0 Å². The fourth-order valence-electron chi connectivity index (χ4n) is 0.765. The smallest absolute Gasteiger partial charge is 0.0418 e. The molecule has 0 rings (SSSR count). The van der Waals surface area contributed by atoms with Gasteiger partial charge >= 0.3 is 0 Å².